The van der Waals surface area contributed by atoms with Crippen LogP contribution >= 0.6 is 0 Å². The van der Waals surface area contributed by atoms with Crippen molar-refractivity contribution in [2.75, 3.05) is 19.4 Å². The monoisotopic (exact) mass is 237 g/mol. The Morgan fingerprint density at radius 3 is 2.88 bits per heavy atom. The largest absolute Gasteiger partial charge is 0.398 e. The molecule has 0 saturated carbocycles. The van der Waals surface area contributed by atoms with E-state index >= 15 is 0 Å². The summed E-state index contributed by atoms with van der Waals surface area (Å²) in [6.07, 6.45) is 5.65. The number of aromatic nitrogens is 1. The average Bonchev–Trinajstić information content (AvgIpc) is 2.35. The van der Waals surface area contributed by atoms with Crippen molar-refractivity contribution < 1.29 is 4.74 Å². The highest BCUT2D eigenvalue weighted by Crippen LogP contribution is 2.13. The molecular weight excluding hydrogens is 214 g/mol. The van der Waals surface area contributed by atoms with Gasteiger partial charge in [-0.3, -0.25) is 4.98 Å². The summed E-state index contributed by atoms with van der Waals surface area (Å²) in [5.74, 6) is 0. The molecule has 17 heavy (non-hydrogen) atoms. The molecule has 0 aliphatic heterocycles. The second-order valence-electron chi connectivity index (χ2n) is 4.28. The second kappa shape index (κ2) is 7.25. The first-order chi connectivity index (χ1) is 8.19. The molecule has 0 aromatic carbocycles. The highest BCUT2D eigenvalue weighted by Gasteiger charge is 2.17. The van der Waals surface area contributed by atoms with Gasteiger partial charge in [0.1, 0.15) is 0 Å². The van der Waals surface area contributed by atoms with Crippen LogP contribution in [0.15, 0.2) is 18.5 Å². The fourth-order valence-electron chi connectivity index (χ4n) is 1.74. The number of rotatable bonds is 7. The predicted octanol–water partition coefficient (Wildman–Crippen LogP) is 1.61. The van der Waals surface area contributed by atoms with Gasteiger partial charge in [-0.25, -0.2) is 0 Å². The van der Waals surface area contributed by atoms with Crippen LogP contribution in [0.5, 0.6) is 0 Å². The van der Waals surface area contributed by atoms with Gasteiger partial charge in [0, 0.05) is 31.2 Å². The smallest absolute Gasteiger partial charge is 0.0699 e. The van der Waals surface area contributed by atoms with Gasteiger partial charge < -0.3 is 15.8 Å². The Hall–Kier alpha value is -1.13. The summed E-state index contributed by atoms with van der Waals surface area (Å²) >= 11 is 0. The molecule has 2 atom stereocenters. The molecule has 1 heterocycles. The van der Waals surface area contributed by atoms with Gasteiger partial charge in [-0.15, -0.1) is 0 Å². The van der Waals surface area contributed by atoms with E-state index in [4.69, 9.17) is 10.5 Å². The molecule has 0 aliphatic rings. The molecule has 0 amide bonds. The number of nitrogens with one attached hydrogen (secondary N) is 1. The first-order valence-corrected chi connectivity index (χ1v) is 6.13. The van der Waals surface area contributed by atoms with Crippen molar-refractivity contribution >= 4 is 5.69 Å². The van der Waals surface area contributed by atoms with Gasteiger partial charge in [-0.05, 0) is 37.9 Å². The van der Waals surface area contributed by atoms with E-state index in [0.717, 1.165) is 30.6 Å². The molecule has 1 aromatic rings. The van der Waals surface area contributed by atoms with Gasteiger partial charge in [0.05, 0.1) is 6.10 Å². The van der Waals surface area contributed by atoms with Crippen LogP contribution in [0.4, 0.5) is 5.69 Å². The number of nitrogens with two attached hydrogens (primary N) is 1. The van der Waals surface area contributed by atoms with Crippen LogP contribution in [0.3, 0.4) is 0 Å². The van der Waals surface area contributed by atoms with Crippen molar-refractivity contribution in [1.29, 1.82) is 0 Å². The summed E-state index contributed by atoms with van der Waals surface area (Å²) in [6.45, 7) is 5.21. The third kappa shape index (κ3) is 4.32. The quantitative estimate of drug-likeness (QED) is 0.756. The lowest BCUT2D eigenvalue weighted by molar-refractivity contribution is 0.0831. The summed E-state index contributed by atoms with van der Waals surface area (Å²) in [4.78, 5) is 4.12. The minimum Gasteiger partial charge on any atom is -0.398 e. The van der Waals surface area contributed by atoms with Crippen molar-refractivity contribution in [3.05, 3.63) is 24.0 Å². The number of pyridine rings is 1. The van der Waals surface area contributed by atoms with Crippen LogP contribution in [0, 0.1) is 0 Å². The first-order valence-electron chi connectivity index (χ1n) is 6.13. The van der Waals surface area contributed by atoms with Crippen molar-refractivity contribution in [2.24, 2.45) is 0 Å². The van der Waals surface area contributed by atoms with E-state index in [1.165, 1.54) is 0 Å². The number of hydrogen-bond acceptors (Lipinski definition) is 4. The SMILES string of the molecule is CCCNC(Cc1cnccc1N)C(C)OC. The van der Waals surface area contributed by atoms with Gasteiger partial charge in [-0.1, -0.05) is 6.92 Å². The molecule has 0 fully saturated rings. The van der Waals surface area contributed by atoms with E-state index in [2.05, 4.69) is 24.1 Å². The van der Waals surface area contributed by atoms with Crippen LogP contribution in [0.25, 0.3) is 0 Å². The molecule has 0 spiro atoms. The molecular formula is C13H23N3O. The van der Waals surface area contributed by atoms with Crippen molar-refractivity contribution in [2.45, 2.75) is 38.8 Å². The van der Waals surface area contributed by atoms with Gasteiger partial charge in [0.25, 0.3) is 0 Å². The minimum absolute atomic E-state index is 0.154. The van der Waals surface area contributed by atoms with E-state index in [-0.39, 0.29) is 12.1 Å². The highest BCUT2D eigenvalue weighted by molar-refractivity contribution is 5.44. The van der Waals surface area contributed by atoms with Gasteiger partial charge in [0.2, 0.25) is 0 Å². The molecule has 3 N–H and O–H groups in total. The molecule has 2 unspecified atom stereocenters. The molecule has 96 valence electrons. The number of anilines is 1. The Balaban J connectivity index is 2.68. The van der Waals surface area contributed by atoms with Crippen molar-refractivity contribution in [1.82, 2.24) is 10.3 Å². The number of hydrogen-bond donors (Lipinski definition) is 2. The number of ether oxygens (including phenoxy) is 1. The van der Waals surface area contributed by atoms with E-state index < -0.39 is 0 Å². The number of nitrogen functional groups attached to an aromatic ring is 1. The maximum atomic E-state index is 5.93. The van der Waals surface area contributed by atoms with E-state index in [1.807, 2.05) is 12.3 Å². The third-order valence-electron chi connectivity index (χ3n) is 2.98. The molecule has 0 saturated heterocycles. The van der Waals surface area contributed by atoms with Gasteiger partial charge >= 0.3 is 0 Å². The summed E-state index contributed by atoms with van der Waals surface area (Å²) in [7, 11) is 1.73. The molecule has 0 radical (unpaired) electrons. The number of methoxy groups -OCH3 is 1. The summed E-state index contributed by atoms with van der Waals surface area (Å²) in [6, 6.07) is 2.11. The molecule has 0 bridgehead atoms. The third-order valence-corrected chi connectivity index (χ3v) is 2.98. The fraction of sp³-hybridized carbons (Fsp3) is 0.615. The Bertz CT molecular complexity index is 330. The standard InChI is InChI=1S/C13H23N3O/c1-4-6-16-13(10(2)17-3)8-11-9-15-7-5-12(11)14/h5,7,9-10,13,16H,4,6,8H2,1-3H3,(H2,14,15). The zero-order chi connectivity index (χ0) is 12.7. The minimum atomic E-state index is 0.154. The Morgan fingerprint density at radius 2 is 2.29 bits per heavy atom. The topological polar surface area (TPSA) is 60.2 Å². The lowest BCUT2D eigenvalue weighted by atomic mass is 10.0. The maximum Gasteiger partial charge on any atom is 0.0699 e. The van der Waals surface area contributed by atoms with Gasteiger partial charge in [-0.2, -0.15) is 0 Å². The summed E-state index contributed by atoms with van der Waals surface area (Å²) in [5.41, 5.74) is 7.80. The predicted molar refractivity (Wildman–Crippen MR) is 70.9 cm³/mol. The Morgan fingerprint density at radius 1 is 1.53 bits per heavy atom. The zero-order valence-electron chi connectivity index (χ0n) is 10.9. The highest BCUT2D eigenvalue weighted by atomic mass is 16.5. The summed E-state index contributed by atoms with van der Waals surface area (Å²) < 4.78 is 5.40. The Labute approximate surface area is 104 Å². The van der Waals surface area contributed by atoms with Crippen LogP contribution in [-0.4, -0.2) is 30.8 Å². The lowest BCUT2D eigenvalue weighted by Crippen LogP contribution is -2.41. The number of nitrogens with zero attached hydrogens (tertiary/aromatic N) is 1. The Kier molecular flexibility index (Phi) is 5.94. The fourth-order valence-corrected chi connectivity index (χ4v) is 1.74. The molecule has 4 heteroatoms. The zero-order valence-corrected chi connectivity index (χ0v) is 10.9. The maximum absolute atomic E-state index is 5.93. The van der Waals surface area contributed by atoms with E-state index in [1.54, 1.807) is 13.3 Å². The van der Waals surface area contributed by atoms with Crippen molar-refractivity contribution in [3.63, 3.8) is 0 Å². The van der Waals surface area contributed by atoms with E-state index in [0.29, 0.717) is 0 Å². The van der Waals surface area contributed by atoms with Crippen LogP contribution in [0.2, 0.25) is 0 Å². The second-order valence-corrected chi connectivity index (χ2v) is 4.28. The van der Waals surface area contributed by atoms with Gasteiger partial charge in [0.15, 0.2) is 0 Å². The molecule has 1 rings (SSSR count). The van der Waals surface area contributed by atoms with E-state index in [9.17, 15) is 0 Å². The van der Waals surface area contributed by atoms with Crippen LogP contribution in [0.1, 0.15) is 25.8 Å². The normalized spacial score (nSPS) is 14.5. The molecule has 1 aromatic heterocycles. The average molecular weight is 237 g/mol. The first kappa shape index (κ1) is 13.9. The van der Waals surface area contributed by atoms with Crippen LogP contribution < -0.4 is 11.1 Å². The van der Waals surface area contributed by atoms with Crippen LogP contribution in [-0.2, 0) is 11.2 Å². The molecule has 4 nitrogen and oxygen atoms in total. The van der Waals surface area contributed by atoms with Crippen molar-refractivity contribution in [3.8, 4) is 0 Å². The molecule has 0 aliphatic carbocycles. The summed E-state index contributed by atoms with van der Waals surface area (Å²) in [5, 5.41) is 3.49. The lowest BCUT2D eigenvalue weighted by Gasteiger charge is -2.24.